The third kappa shape index (κ3) is 2.95. The summed E-state index contributed by atoms with van der Waals surface area (Å²) >= 11 is 2.38. The fourth-order valence-corrected chi connectivity index (χ4v) is 2.70. The van der Waals surface area contributed by atoms with E-state index in [-0.39, 0.29) is 0 Å². The lowest BCUT2D eigenvalue weighted by Crippen LogP contribution is -2.30. The lowest BCUT2D eigenvalue weighted by molar-refractivity contribution is 0.376. The average molecular weight is 301 g/mol. The Morgan fingerprint density at radius 1 is 1.43 bits per heavy atom. The first-order chi connectivity index (χ1) is 6.84. The summed E-state index contributed by atoms with van der Waals surface area (Å²) in [5, 5.41) is 3.47. The van der Waals surface area contributed by atoms with Gasteiger partial charge in [0.15, 0.2) is 0 Å². The molecule has 0 radical (unpaired) electrons. The fourth-order valence-electron chi connectivity index (χ4n) is 2.10. The van der Waals surface area contributed by atoms with Gasteiger partial charge in [-0.2, -0.15) is 0 Å². The molecule has 1 atom stereocenters. The zero-order valence-electron chi connectivity index (χ0n) is 8.30. The lowest BCUT2D eigenvalue weighted by Gasteiger charge is -2.22. The summed E-state index contributed by atoms with van der Waals surface area (Å²) in [5.74, 6) is 0.849. The van der Waals surface area contributed by atoms with Crippen molar-refractivity contribution in [3.63, 3.8) is 0 Å². The molecular formula is C12H16IN. The summed E-state index contributed by atoms with van der Waals surface area (Å²) in [6.45, 7) is 2.41. The Hall–Kier alpha value is -0.0900. The van der Waals surface area contributed by atoms with E-state index < -0.39 is 0 Å². The van der Waals surface area contributed by atoms with Crippen molar-refractivity contribution in [2.24, 2.45) is 5.92 Å². The summed E-state index contributed by atoms with van der Waals surface area (Å²) < 4.78 is 1.35. The molecule has 0 saturated carbocycles. The zero-order valence-corrected chi connectivity index (χ0v) is 10.5. The van der Waals surface area contributed by atoms with Crippen LogP contribution in [0.3, 0.4) is 0 Å². The predicted octanol–water partition coefficient (Wildman–Crippen LogP) is 2.83. The quantitative estimate of drug-likeness (QED) is 0.828. The molecule has 1 aliphatic rings. The summed E-state index contributed by atoms with van der Waals surface area (Å²) in [4.78, 5) is 0. The van der Waals surface area contributed by atoms with Gasteiger partial charge in [-0.25, -0.2) is 0 Å². The highest BCUT2D eigenvalue weighted by Gasteiger charge is 2.13. The number of halogens is 1. The molecule has 1 aliphatic heterocycles. The first-order valence-electron chi connectivity index (χ1n) is 5.30. The maximum absolute atomic E-state index is 3.47. The molecule has 0 aromatic heterocycles. The van der Waals surface area contributed by atoms with E-state index in [9.17, 15) is 0 Å². The van der Waals surface area contributed by atoms with Crippen molar-refractivity contribution in [2.45, 2.75) is 19.3 Å². The van der Waals surface area contributed by atoms with E-state index in [4.69, 9.17) is 0 Å². The Morgan fingerprint density at radius 2 is 2.36 bits per heavy atom. The summed E-state index contributed by atoms with van der Waals surface area (Å²) in [7, 11) is 0. The minimum absolute atomic E-state index is 0.849. The summed E-state index contributed by atoms with van der Waals surface area (Å²) in [6, 6.07) is 8.86. The Balaban J connectivity index is 1.95. The molecule has 1 aromatic carbocycles. The third-order valence-electron chi connectivity index (χ3n) is 2.81. The molecule has 76 valence electrons. The molecule has 1 aromatic rings. The van der Waals surface area contributed by atoms with Gasteiger partial charge in [-0.1, -0.05) is 12.1 Å². The second-order valence-electron chi connectivity index (χ2n) is 4.05. The van der Waals surface area contributed by atoms with Crippen molar-refractivity contribution in [1.29, 1.82) is 0 Å². The highest BCUT2D eigenvalue weighted by Crippen LogP contribution is 2.17. The minimum atomic E-state index is 0.849. The SMILES string of the molecule is Ic1cccc(C[C@@H]2CCCNC2)c1. The number of rotatable bonds is 2. The molecule has 1 fully saturated rings. The van der Waals surface area contributed by atoms with Crippen LogP contribution >= 0.6 is 22.6 Å². The van der Waals surface area contributed by atoms with Crippen LogP contribution in [-0.4, -0.2) is 13.1 Å². The van der Waals surface area contributed by atoms with E-state index in [0.29, 0.717) is 0 Å². The molecule has 2 heteroatoms. The van der Waals surface area contributed by atoms with Gasteiger partial charge in [-0.15, -0.1) is 0 Å². The summed E-state index contributed by atoms with van der Waals surface area (Å²) in [6.07, 6.45) is 3.97. The molecule has 1 nitrogen and oxygen atoms in total. The second-order valence-corrected chi connectivity index (χ2v) is 5.29. The van der Waals surface area contributed by atoms with E-state index in [1.54, 1.807) is 0 Å². The zero-order chi connectivity index (χ0) is 9.80. The van der Waals surface area contributed by atoms with Crippen molar-refractivity contribution < 1.29 is 0 Å². The molecule has 0 unspecified atom stereocenters. The highest BCUT2D eigenvalue weighted by molar-refractivity contribution is 14.1. The number of piperidine rings is 1. The smallest absolute Gasteiger partial charge is 0.0133 e. The van der Waals surface area contributed by atoms with Crippen LogP contribution in [0.2, 0.25) is 0 Å². The van der Waals surface area contributed by atoms with Gasteiger partial charge in [0, 0.05) is 3.57 Å². The predicted molar refractivity (Wildman–Crippen MR) is 68.5 cm³/mol. The summed E-state index contributed by atoms with van der Waals surface area (Å²) in [5.41, 5.74) is 1.49. The van der Waals surface area contributed by atoms with Crippen LogP contribution in [0.25, 0.3) is 0 Å². The lowest BCUT2D eigenvalue weighted by atomic mass is 9.92. The third-order valence-corrected chi connectivity index (χ3v) is 3.48. The normalized spacial score (nSPS) is 22.2. The van der Waals surface area contributed by atoms with Gasteiger partial charge in [0.25, 0.3) is 0 Å². The van der Waals surface area contributed by atoms with Crippen LogP contribution < -0.4 is 5.32 Å². The van der Waals surface area contributed by atoms with Crippen molar-refractivity contribution in [1.82, 2.24) is 5.32 Å². The number of hydrogen-bond donors (Lipinski definition) is 1. The highest BCUT2D eigenvalue weighted by atomic mass is 127. The monoisotopic (exact) mass is 301 g/mol. The number of hydrogen-bond acceptors (Lipinski definition) is 1. The standard InChI is InChI=1S/C12H16IN/c13-12-5-1-3-10(8-12)7-11-4-2-6-14-9-11/h1,3,5,8,11,14H,2,4,6-7,9H2/t11-/m0/s1. The molecule has 0 aliphatic carbocycles. The van der Waals surface area contributed by atoms with Gasteiger partial charge in [0.2, 0.25) is 0 Å². The van der Waals surface area contributed by atoms with Crippen molar-refractivity contribution in [3.05, 3.63) is 33.4 Å². The Labute approximate surface area is 99.4 Å². The maximum atomic E-state index is 3.47. The topological polar surface area (TPSA) is 12.0 Å². The first-order valence-corrected chi connectivity index (χ1v) is 6.37. The van der Waals surface area contributed by atoms with E-state index in [1.807, 2.05) is 0 Å². The van der Waals surface area contributed by atoms with Crippen LogP contribution in [0.15, 0.2) is 24.3 Å². The van der Waals surface area contributed by atoms with Crippen molar-refractivity contribution in [2.75, 3.05) is 13.1 Å². The van der Waals surface area contributed by atoms with Crippen LogP contribution in [-0.2, 0) is 6.42 Å². The Morgan fingerprint density at radius 3 is 3.07 bits per heavy atom. The molecule has 2 rings (SSSR count). The largest absolute Gasteiger partial charge is 0.316 e. The average Bonchev–Trinajstić information content (AvgIpc) is 2.19. The van der Waals surface area contributed by atoms with E-state index in [2.05, 4.69) is 52.2 Å². The minimum Gasteiger partial charge on any atom is -0.316 e. The first kappa shape index (κ1) is 10.4. The van der Waals surface area contributed by atoms with Crippen LogP contribution in [0.1, 0.15) is 18.4 Å². The number of benzene rings is 1. The van der Waals surface area contributed by atoms with Crippen LogP contribution in [0.4, 0.5) is 0 Å². The van der Waals surface area contributed by atoms with E-state index in [0.717, 1.165) is 5.92 Å². The van der Waals surface area contributed by atoms with Crippen molar-refractivity contribution >= 4 is 22.6 Å². The van der Waals surface area contributed by atoms with E-state index >= 15 is 0 Å². The molecule has 1 heterocycles. The van der Waals surface area contributed by atoms with Crippen LogP contribution in [0.5, 0.6) is 0 Å². The van der Waals surface area contributed by atoms with Gasteiger partial charge >= 0.3 is 0 Å². The molecule has 0 bridgehead atoms. The number of nitrogens with one attached hydrogen (secondary N) is 1. The van der Waals surface area contributed by atoms with Gasteiger partial charge < -0.3 is 5.32 Å². The fraction of sp³-hybridized carbons (Fsp3) is 0.500. The van der Waals surface area contributed by atoms with E-state index in [1.165, 1.54) is 41.5 Å². The van der Waals surface area contributed by atoms with Gasteiger partial charge in [-0.05, 0) is 78.6 Å². The molecule has 14 heavy (non-hydrogen) atoms. The Kier molecular flexibility index (Phi) is 3.81. The maximum Gasteiger partial charge on any atom is 0.0133 e. The molecular weight excluding hydrogens is 285 g/mol. The van der Waals surface area contributed by atoms with Crippen LogP contribution in [0, 0.1) is 9.49 Å². The Bertz CT molecular complexity index is 292. The second kappa shape index (κ2) is 5.12. The van der Waals surface area contributed by atoms with Gasteiger partial charge in [0.1, 0.15) is 0 Å². The molecule has 1 saturated heterocycles. The van der Waals surface area contributed by atoms with Gasteiger partial charge in [0.05, 0.1) is 0 Å². The molecule has 0 amide bonds. The van der Waals surface area contributed by atoms with Crippen molar-refractivity contribution in [3.8, 4) is 0 Å². The molecule has 0 spiro atoms. The molecule has 1 N–H and O–H groups in total. The van der Waals surface area contributed by atoms with Gasteiger partial charge in [-0.3, -0.25) is 0 Å².